The van der Waals surface area contributed by atoms with Crippen LogP contribution in [-0.2, 0) is 11.3 Å². The summed E-state index contributed by atoms with van der Waals surface area (Å²) in [6.45, 7) is 6.34. The third-order valence-electron chi connectivity index (χ3n) is 3.97. The highest BCUT2D eigenvalue weighted by atomic mass is 35.5. The van der Waals surface area contributed by atoms with Gasteiger partial charge in [0.05, 0.1) is 22.9 Å². The lowest BCUT2D eigenvalue weighted by molar-refractivity contribution is 0.0270. The van der Waals surface area contributed by atoms with Gasteiger partial charge in [-0.3, -0.25) is 4.98 Å². The minimum atomic E-state index is -0.516. The van der Waals surface area contributed by atoms with Crippen molar-refractivity contribution < 1.29 is 19.1 Å². The first-order valence-corrected chi connectivity index (χ1v) is 9.03. The van der Waals surface area contributed by atoms with Crippen LogP contribution < -0.4 is 0 Å². The second kappa shape index (κ2) is 7.70. The molecule has 0 saturated heterocycles. The number of ether oxygens (including phenoxy) is 1. The zero-order valence-electron chi connectivity index (χ0n) is 15.5. The topological polar surface area (TPSA) is 88.7 Å². The Kier molecular flexibility index (Phi) is 5.53. The Morgan fingerprint density at radius 2 is 2.22 bits per heavy atom. The van der Waals surface area contributed by atoms with Crippen molar-refractivity contribution in [1.82, 2.24) is 14.9 Å². The Labute approximate surface area is 162 Å². The molecule has 1 aliphatic rings. The first-order valence-electron chi connectivity index (χ1n) is 8.65. The summed E-state index contributed by atoms with van der Waals surface area (Å²) in [7, 11) is 0. The van der Waals surface area contributed by atoms with Crippen molar-refractivity contribution in [1.29, 1.82) is 0 Å². The van der Waals surface area contributed by atoms with Crippen molar-refractivity contribution in [2.75, 3.05) is 13.1 Å². The number of carbonyl (C=O) groups is 1. The van der Waals surface area contributed by atoms with Crippen LogP contribution in [0.25, 0.3) is 17.0 Å². The maximum Gasteiger partial charge on any atom is 0.410 e. The highest BCUT2D eigenvalue weighted by Gasteiger charge is 2.25. The molecule has 144 valence electrons. The molecule has 7 nitrogen and oxygen atoms in total. The number of pyridine rings is 1. The van der Waals surface area contributed by atoms with E-state index in [2.05, 4.69) is 9.97 Å². The first-order chi connectivity index (χ1) is 12.8. The highest BCUT2D eigenvalue weighted by molar-refractivity contribution is 6.32. The lowest BCUT2D eigenvalue weighted by Crippen LogP contribution is -2.39. The molecule has 1 N–H and O–H groups in total. The molecule has 8 heteroatoms. The fraction of sp³-hybridized carbons (Fsp3) is 0.421. The van der Waals surface area contributed by atoms with Crippen LogP contribution in [0.5, 0.6) is 0 Å². The summed E-state index contributed by atoms with van der Waals surface area (Å²) in [6, 6.07) is 1.73. The van der Waals surface area contributed by atoms with Gasteiger partial charge in [-0.1, -0.05) is 17.7 Å². The van der Waals surface area contributed by atoms with Gasteiger partial charge >= 0.3 is 6.09 Å². The average Bonchev–Trinajstić information content (AvgIpc) is 3.09. The molecule has 0 unspecified atom stereocenters. The van der Waals surface area contributed by atoms with Crippen LogP contribution in [0.15, 0.2) is 29.0 Å². The molecule has 0 bridgehead atoms. The third-order valence-corrected chi connectivity index (χ3v) is 4.25. The Morgan fingerprint density at radius 3 is 2.78 bits per heavy atom. The monoisotopic (exact) mass is 391 g/mol. The van der Waals surface area contributed by atoms with Gasteiger partial charge < -0.3 is 19.2 Å². The number of rotatable bonds is 3. The number of carbonyl (C=O) groups excluding carboxylic acids is 1. The number of aromatic nitrogens is 2. The van der Waals surface area contributed by atoms with Crippen molar-refractivity contribution in [2.24, 2.45) is 0 Å². The zero-order chi connectivity index (χ0) is 19.6. The molecule has 3 rings (SSSR count). The maximum absolute atomic E-state index is 12.1. The normalized spacial score (nSPS) is 14.9. The van der Waals surface area contributed by atoms with Crippen LogP contribution in [0.3, 0.4) is 0 Å². The van der Waals surface area contributed by atoms with Crippen molar-refractivity contribution in [2.45, 2.75) is 39.4 Å². The molecule has 0 radical (unpaired) electrons. The Hall–Kier alpha value is -2.38. The number of hydrogen-bond acceptors (Lipinski definition) is 6. The fourth-order valence-electron chi connectivity index (χ4n) is 2.68. The van der Waals surface area contributed by atoms with Crippen molar-refractivity contribution in [3.63, 3.8) is 0 Å². The Balaban J connectivity index is 1.73. The smallest absolute Gasteiger partial charge is 0.410 e. The van der Waals surface area contributed by atoms with E-state index >= 15 is 0 Å². The summed E-state index contributed by atoms with van der Waals surface area (Å²) in [6.07, 6.45) is 5.28. The second-order valence-corrected chi connectivity index (χ2v) is 7.67. The molecule has 0 aromatic carbocycles. The predicted octanol–water partition coefficient (Wildman–Crippen LogP) is 3.91. The SMILES string of the molecule is CC(C)(C)OC(=O)N1CC=C(c2ncc(-c3nc(CO)co3)cc2Cl)CC1. The van der Waals surface area contributed by atoms with Gasteiger partial charge in [-0.25, -0.2) is 9.78 Å². The molecule has 27 heavy (non-hydrogen) atoms. The predicted molar refractivity (Wildman–Crippen MR) is 101 cm³/mol. The number of aliphatic hydroxyl groups excluding tert-OH is 1. The van der Waals surface area contributed by atoms with E-state index in [9.17, 15) is 4.79 Å². The van der Waals surface area contributed by atoms with Gasteiger partial charge in [0.1, 0.15) is 17.6 Å². The molecule has 0 saturated carbocycles. The second-order valence-electron chi connectivity index (χ2n) is 7.26. The molecular weight excluding hydrogens is 370 g/mol. The standard InChI is InChI=1S/C19H22ClN3O4/c1-19(2,3)27-18(25)23-6-4-12(5-7-23)16-15(20)8-13(9-21-16)17-22-14(10-24)11-26-17/h4,8-9,11,24H,5-7,10H2,1-3H3. The van der Waals surface area contributed by atoms with E-state index in [0.29, 0.717) is 47.4 Å². The van der Waals surface area contributed by atoms with Crippen LogP contribution >= 0.6 is 11.6 Å². The molecule has 3 heterocycles. The number of oxazole rings is 1. The van der Waals surface area contributed by atoms with Gasteiger partial charge in [0.2, 0.25) is 5.89 Å². The minimum Gasteiger partial charge on any atom is -0.444 e. The van der Waals surface area contributed by atoms with Crippen LogP contribution in [0.4, 0.5) is 4.79 Å². The molecule has 0 fully saturated rings. The fourth-order valence-corrected chi connectivity index (χ4v) is 2.97. The Morgan fingerprint density at radius 1 is 1.44 bits per heavy atom. The lowest BCUT2D eigenvalue weighted by atomic mass is 10.0. The van der Waals surface area contributed by atoms with Crippen LogP contribution in [0.2, 0.25) is 5.02 Å². The van der Waals surface area contributed by atoms with Crippen molar-refractivity contribution in [3.05, 3.63) is 41.0 Å². The molecule has 0 aliphatic carbocycles. The van der Waals surface area contributed by atoms with E-state index in [4.69, 9.17) is 25.9 Å². The number of hydrogen-bond donors (Lipinski definition) is 1. The summed E-state index contributed by atoms with van der Waals surface area (Å²) in [5.41, 5.74) is 2.23. The molecule has 2 aromatic heterocycles. The summed E-state index contributed by atoms with van der Waals surface area (Å²) in [4.78, 5) is 22.4. The Bertz CT molecular complexity index is 870. The quantitative estimate of drug-likeness (QED) is 0.853. The van der Waals surface area contributed by atoms with E-state index in [0.717, 1.165) is 5.57 Å². The largest absolute Gasteiger partial charge is 0.444 e. The number of aliphatic hydroxyl groups is 1. The first kappa shape index (κ1) is 19.4. The molecule has 0 spiro atoms. The van der Waals surface area contributed by atoms with E-state index in [1.165, 1.54) is 6.26 Å². The summed E-state index contributed by atoms with van der Waals surface area (Å²) >= 11 is 6.41. The van der Waals surface area contributed by atoms with E-state index in [-0.39, 0.29) is 12.7 Å². The summed E-state index contributed by atoms with van der Waals surface area (Å²) in [5, 5.41) is 9.56. The van der Waals surface area contributed by atoms with E-state index < -0.39 is 5.60 Å². The number of nitrogens with zero attached hydrogens (tertiary/aromatic N) is 3. The van der Waals surface area contributed by atoms with Crippen LogP contribution in [0, 0.1) is 0 Å². The molecule has 1 amide bonds. The third kappa shape index (κ3) is 4.67. The number of amides is 1. The lowest BCUT2D eigenvalue weighted by Gasteiger charge is -2.29. The molecular formula is C19H22ClN3O4. The van der Waals surface area contributed by atoms with Crippen LogP contribution in [-0.4, -0.2) is 44.8 Å². The number of halogens is 1. The average molecular weight is 392 g/mol. The van der Waals surface area contributed by atoms with Gasteiger partial charge in [-0.2, -0.15) is 0 Å². The summed E-state index contributed by atoms with van der Waals surface area (Å²) < 4.78 is 10.7. The van der Waals surface area contributed by atoms with E-state index in [1.807, 2.05) is 26.8 Å². The van der Waals surface area contributed by atoms with E-state index in [1.54, 1.807) is 17.2 Å². The highest BCUT2D eigenvalue weighted by Crippen LogP contribution is 2.30. The van der Waals surface area contributed by atoms with Gasteiger partial charge in [-0.05, 0) is 38.8 Å². The molecule has 0 atom stereocenters. The van der Waals surface area contributed by atoms with Gasteiger partial charge in [-0.15, -0.1) is 0 Å². The molecule has 1 aliphatic heterocycles. The molecule has 2 aromatic rings. The van der Waals surface area contributed by atoms with Gasteiger partial charge in [0, 0.05) is 19.3 Å². The zero-order valence-corrected chi connectivity index (χ0v) is 16.3. The minimum absolute atomic E-state index is 0.191. The van der Waals surface area contributed by atoms with Gasteiger partial charge in [0.25, 0.3) is 0 Å². The maximum atomic E-state index is 12.1. The van der Waals surface area contributed by atoms with Crippen LogP contribution in [0.1, 0.15) is 38.6 Å². The van der Waals surface area contributed by atoms with Crippen molar-refractivity contribution in [3.8, 4) is 11.5 Å². The summed E-state index contributed by atoms with van der Waals surface area (Å²) in [5.74, 6) is 0.355. The van der Waals surface area contributed by atoms with Crippen molar-refractivity contribution >= 4 is 23.3 Å². The van der Waals surface area contributed by atoms with Gasteiger partial charge in [0.15, 0.2) is 0 Å².